The maximum Gasteiger partial charge on any atom is 0.262 e. The number of furan rings is 1. The van der Waals surface area contributed by atoms with E-state index in [0.717, 1.165) is 10.5 Å². The van der Waals surface area contributed by atoms with Crippen LogP contribution in [0.1, 0.15) is 39.0 Å². The third-order valence-electron chi connectivity index (χ3n) is 4.90. The number of imide groups is 1. The molecule has 0 fully saturated rings. The van der Waals surface area contributed by atoms with E-state index in [1.165, 1.54) is 6.26 Å². The summed E-state index contributed by atoms with van der Waals surface area (Å²) in [5.41, 5.74) is 1.48. The van der Waals surface area contributed by atoms with Crippen LogP contribution in [0, 0.1) is 0 Å². The maximum absolute atomic E-state index is 13.3. The van der Waals surface area contributed by atoms with Gasteiger partial charge < -0.3 is 9.32 Å². The Morgan fingerprint density at radius 1 is 1.03 bits per heavy atom. The van der Waals surface area contributed by atoms with Crippen LogP contribution in [0.3, 0.4) is 0 Å². The smallest absolute Gasteiger partial charge is 0.262 e. The summed E-state index contributed by atoms with van der Waals surface area (Å²) in [5, 5.41) is 0. The topological polar surface area (TPSA) is 83.7 Å². The van der Waals surface area contributed by atoms with E-state index in [1.807, 2.05) is 6.07 Å². The highest BCUT2D eigenvalue weighted by molar-refractivity contribution is 6.22. The summed E-state index contributed by atoms with van der Waals surface area (Å²) in [4.78, 5) is 45.5. The molecule has 0 saturated carbocycles. The molecule has 0 saturated heterocycles. The van der Waals surface area contributed by atoms with E-state index in [1.54, 1.807) is 66.7 Å². The van der Waals surface area contributed by atoms with Crippen LogP contribution in [0.4, 0.5) is 0 Å². The molecule has 0 bridgehead atoms. The van der Waals surface area contributed by atoms with Crippen LogP contribution in [-0.4, -0.2) is 38.5 Å². The van der Waals surface area contributed by atoms with Gasteiger partial charge in [-0.05, 0) is 42.8 Å². The summed E-state index contributed by atoms with van der Waals surface area (Å²) in [5.74, 6) is -0.645. The fourth-order valence-corrected chi connectivity index (χ4v) is 3.45. The highest BCUT2D eigenvalue weighted by atomic mass is 16.3. The van der Waals surface area contributed by atoms with Gasteiger partial charge in [0, 0.05) is 18.9 Å². The van der Waals surface area contributed by atoms with Crippen LogP contribution in [0.2, 0.25) is 0 Å². The average molecular weight is 389 g/mol. The van der Waals surface area contributed by atoms with E-state index in [4.69, 9.17) is 4.42 Å². The van der Waals surface area contributed by atoms with E-state index in [-0.39, 0.29) is 19.0 Å². The van der Waals surface area contributed by atoms with Gasteiger partial charge in [-0.3, -0.25) is 24.3 Å². The monoisotopic (exact) mass is 389 g/mol. The Hall–Kier alpha value is -3.74. The Labute approximate surface area is 167 Å². The first-order valence-electron chi connectivity index (χ1n) is 9.23. The van der Waals surface area contributed by atoms with Gasteiger partial charge in [-0.15, -0.1) is 0 Å². The van der Waals surface area contributed by atoms with Crippen molar-refractivity contribution >= 4 is 17.7 Å². The number of carbonyl (C=O) groups excluding carboxylic acids is 3. The third kappa shape index (κ3) is 3.54. The third-order valence-corrected chi connectivity index (χ3v) is 4.90. The van der Waals surface area contributed by atoms with Crippen LogP contribution in [-0.2, 0) is 17.9 Å². The second-order valence-corrected chi connectivity index (χ2v) is 6.84. The number of amides is 3. The lowest BCUT2D eigenvalue weighted by Crippen LogP contribution is -2.49. The summed E-state index contributed by atoms with van der Waals surface area (Å²) in [7, 11) is 0. The van der Waals surface area contributed by atoms with Crippen molar-refractivity contribution in [2.24, 2.45) is 0 Å². The first-order chi connectivity index (χ1) is 14.1. The van der Waals surface area contributed by atoms with Crippen LogP contribution in [0.25, 0.3) is 0 Å². The molecule has 4 rings (SSSR count). The minimum Gasteiger partial charge on any atom is -0.467 e. The lowest BCUT2D eigenvalue weighted by molar-refractivity contribution is -0.136. The summed E-state index contributed by atoms with van der Waals surface area (Å²) >= 11 is 0. The molecule has 0 radical (unpaired) electrons. The second kappa shape index (κ2) is 7.71. The van der Waals surface area contributed by atoms with E-state index in [2.05, 4.69) is 4.98 Å². The van der Waals surface area contributed by atoms with Crippen LogP contribution >= 0.6 is 0 Å². The normalized spacial score (nSPS) is 14.0. The summed E-state index contributed by atoms with van der Waals surface area (Å²) < 4.78 is 5.39. The van der Waals surface area contributed by atoms with E-state index >= 15 is 0 Å². The number of hydrogen-bond acceptors (Lipinski definition) is 5. The van der Waals surface area contributed by atoms with E-state index in [0.29, 0.717) is 16.9 Å². The number of benzene rings is 1. The zero-order valence-electron chi connectivity index (χ0n) is 15.8. The zero-order chi connectivity index (χ0) is 20.4. The molecule has 0 aliphatic carbocycles. The molecule has 3 aromatic rings. The minimum atomic E-state index is -0.950. The summed E-state index contributed by atoms with van der Waals surface area (Å²) in [6, 6.07) is 12.8. The highest BCUT2D eigenvalue weighted by Crippen LogP contribution is 2.25. The lowest BCUT2D eigenvalue weighted by Gasteiger charge is -2.29. The molecule has 2 aromatic heterocycles. The second-order valence-electron chi connectivity index (χ2n) is 6.84. The molecule has 3 heterocycles. The molecule has 146 valence electrons. The number of hydrogen-bond donors (Lipinski definition) is 0. The molecule has 7 heteroatoms. The predicted octanol–water partition coefficient (Wildman–Crippen LogP) is 2.89. The van der Waals surface area contributed by atoms with Gasteiger partial charge in [-0.25, -0.2) is 0 Å². The van der Waals surface area contributed by atoms with Gasteiger partial charge in [-0.2, -0.15) is 0 Å². The van der Waals surface area contributed by atoms with Crippen molar-refractivity contribution < 1.29 is 18.8 Å². The van der Waals surface area contributed by atoms with Gasteiger partial charge in [0.2, 0.25) is 5.91 Å². The SMILES string of the molecule is CC(C(=O)N(Cc1cccnc1)Cc1ccco1)N1C(=O)c2ccccc2C1=O. The van der Waals surface area contributed by atoms with Crippen molar-refractivity contribution in [1.29, 1.82) is 0 Å². The van der Waals surface area contributed by atoms with Gasteiger partial charge >= 0.3 is 0 Å². The van der Waals surface area contributed by atoms with Crippen LogP contribution in [0.5, 0.6) is 0 Å². The van der Waals surface area contributed by atoms with Crippen molar-refractivity contribution in [3.05, 3.63) is 89.6 Å². The number of fused-ring (bicyclic) bond motifs is 1. The Bertz CT molecular complexity index is 1010. The maximum atomic E-state index is 13.3. The Morgan fingerprint density at radius 3 is 2.34 bits per heavy atom. The lowest BCUT2D eigenvalue weighted by atomic mass is 10.1. The Morgan fingerprint density at radius 2 is 1.76 bits per heavy atom. The first-order valence-corrected chi connectivity index (χ1v) is 9.23. The van der Waals surface area contributed by atoms with Crippen molar-refractivity contribution in [2.75, 3.05) is 0 Å². The molecule has 1 aromatic carbocycles. The first kappa shape index (κ1) is 18.6. The van der Waals surface area contributed by atoms with E-state index in [9.17, 15) is 14.4 Å². The van der Waals surface area contributed by atoms with Crippen molar-refractivity contribution in [3.63, 3.8) is 0 Å². The predicted molar refractivity (Wildman–Crippen MR) is 104 cm³/mol. The molecule has 0 spiro atoms. The Balaban J connectivity index is 1.60. The molecular formula is C22H19N3O4. The minimum absolute atomic E-state index is 0.217. The molecule has 3 amide bonds. The number of pyridine rings is 1. The largest absolute Gasteiger partial charge is 0.467 e. The molecular weight excluding hydrogens is 370 g/mol. The fourth-order valence-electron chi connectivity index (χ4n) is 3.45. The highest BCUT2D eigenvalue weighted by Gasteiger charge is 2.41. The summed E-state index contributed by atoms with van der Waals surface area (Å²) in [6.07, 6.45) is 4.87. The number of nitrogens with zero attached hydrogens (tertiary/aromatic N) is 3. The average Bonchev–Trinajstić information content (AvgIpc) is 3.34. The number of carbonyl (C=O) groups is 3. The van der Waals surface area contributed by atoms with Gasteiger partial charge in [0.05, 0.1) is 23.9 Å². The molecule has 1 unspecified atom stereocenters. The van der Waals surface area contributed by atoms with Crippen LogP contribution in [0.15, 0.2) is 71.6 Å². The van der Waals surface area contributed by atoms with Crippen LogP contribution < -0.4 is 0 Å². The standard InChI is InChI=1S/C22H19N3O4/c1-15(25-21(27)18-8-2-3-9-19(18)22(25)28)20(26)24(14-17-7-5-11-29-17)13-16-6-4-10-23-12-16/h2-12,15H,13-14H2,1H3. The quantitative estimate of drug-likeness (QED) is 0.606. The zero-order valence-corrected chi connectivity index (χ0v) is 15.8. The van der Waals surface area contributed by atoms with Gasteiger partial charge in [-0.1, -0.05) is 18.2 Å². The van der Waals surface area contributed by atoms with Gasteiger partial charge in [0.15, 0.2) is 0 Å². The molecule has 0 N–H and O–H groups in total. The molecule has 7 nitrogen and oxygen atoms in total. The molecule has 1 aliphatic heterocycles. The van der Waals surface area contributed by atoms with Crippen molar-refractivity contribution in [3.8, 4) is 0 Å². The van der Waals surface area contributed by atoms with Gasteiger partial charge in [0.1, 0.15) is 11.8 Å². The number of aromatic nitrogens is 1. The van der Waals surface area contributed by atoms with Crippen molar-refractivity contribution in [2.45, 2.75) is 26.1 Å². The Kier molecular flexibility index (Phi) is 4.95. The van der Waals surface area contributed by atoms with Gasteiger partial charge in [0.25, 0.3) is 11.8 Å². The van der Waals surface area contributed by atoms with Crippen molar-refractivity contribution in [1.82, 2.24) is 14.8 Å². The molecule has 1 atom stereocenters. The van der Waals surface area contributed by atoms with E-state index < -0.39 is 17.9 Å². The number of rotatable bonds is 6. The molecule has 1 aliphatic rings. The fraction of sp³-hybridized carbons (Fsp3) is 0.182. The molecule has 29 heavy (non-hydrogen) atoms. The summed E-state index contributed by atoms with van der Waals surface area (Å²) in [6.45, 7) is 2.07.